The molecule has 3 N–H and O–H groups in total. The van der Waals surface area contributed by atoms with Crippen molar-refractivity contribution in [2.75, 3.05) is 15.4 Å². The molecule has 0 amide bonds. The van der Waals surface area contributed by atoms with Crippen molar-refractivity contribution in [3.05, 3.63) is 108 Å². The standard InChI is InChI=1S/C32H37N3O2S/c1-3-5-10-25-14-18-27(19-15-25)35(28-20-16-26(17-21-28)11-6-4-2)29-22-23-31(33)32(24-29)34-38(36,37)30-12-8-7-9-13-30/h7-9,12-24,34H,3-6,10-11,33H2,1-2H3. The van der Waals surface area contributed by atoms with Gasteiger partial charge in [-0.3, -0.25) is 4.72 Å². The Hall–Kier alpha value is -3.77. The first-order valence-electron chi connectivity index (χ1n) is 13.4. The third kappa shape index (κ3) is 6.75. The number of benzene rings is 4. The van der Waals surface area contributed by atoms with E-state index in [9.17, 15) is 8.42 Å². The Bertz CT molecular complexity index is 1370. The fraction of sp³-hybridized carbons (Fsp3) is 0.250. The van der Waals surface area contributed by atoms with Gasteiger partial charge in [-0.2, -0.15) is 0 Å². The number of nitrogens with one attached hydrogen (secondary N) is 1. The van der Waals surface area contributed by atoms with Crippen LogP contribution in [0, 0.1) is 0 Å². The van der Waals surface area contributed by atoms with Crippen LogP contribution in [0.4, 0.5) is 28.4 Å². The van der Waals surface area contributed by atoms with E-state index in [1.165, 1.54) is 11.1 Å². The number of nitrogens with zero attached hydrogens (tertiary/aromatic N) is 1. The smallest absolute Gasteiger partial charge is 0.261 e. The number of rotatable bonds is 12. The van der Waals surface area contributed by atoms with Crippen LogP contribution in [0.5, 0.6) is 0 Å². The van der Waals surface area contributed by atoms with Gasteiger partial charge >= 0.3 is 0 Å². The quantitative estimate of drug-likeness (QED) is 0.182. The predicted molar refractivity (Wildman–Crippen MR) is 160 cm³/mol. The maximum Gasteiger partial charge on any atom is 0.261 e. The van der Waals surface area contributed by atoms with Crippen molar-refractivity contribution in [1.29, 1.82) is 0 Å². The van der Waals surface area contributed by atoms with E-state index in [-0.39, 0.29) is 4.90 Å². The Labute approximate surface area is 227 Å². The summed E-state index contributed by atoms with van der Waals surface area (Å²) in [4.78, 5) is 2.32. The average Bonchev–Trinajstić information content (AvgIpc) is 2.94. The summed E-state index contributed by atoms with van der Waals surface area (Å²) in [6.07, 6.45) is 6.74. The first-order valence-corrected chi connectivity index (χ1v) is 14.8. The lowest BCUT2D eigenvalue weighted by molar-refractivity contribution is 0.601. The van der Waals surface area contributed by atoms with E-state index in [4.69, 9.17) is 5.73 Å². The minimum Gasteiger partial charge on any atom is -0.397 e. The summed E-state index contributed by atoms with van der Waals surface area (Å²) in [5, 5.41) is 0. The monoisotopic (exact) mass is 527 g/mol. The summed E-state index contributed by atoms with van der Waals surface area (Å²) in [5.74, 6) is 0. The molecule has 0 aliphatic heterocycles. The Morgan fingerprint density at radius 2 is 1.18 bits per heavy atom. The normalized spacial score (nSPS) is 11.3. The first-order chi connectivity index (χ1) is 18.4. The zero-order valence-corrected chi connectivity index (χ0v) is 23.0. The van der Waals surface area contributed by atoms with Crippen LogP contribution in [-0.2, 0) is 22.9 Å². The lowest BCUT2D eigenvalue weighted by Crippen LogP contribution is -2.15. The molecular formula is C32H37N3O2S. The molecule has 0 aliphatic carbocycles. The van der Waals surface area contributed by atoms with Gasteiger partial charge < -0.3 is 10.6 Å². The molecule has 4 rings (SSSR count). The van der Waals surface area contributed by atoms with Gasteiger partial charge in [0.1, 0.15) is 0 Å². The fourth-order valence-corrected chi connectivity index (χ4v) is 5.51. The summed E-state index contributed by atoms with van der Waals surface area (Å²) in [6, 6.07) is 31.0. The Morgan fingerprint density at radius 1 is 0.684 bits per heavy atom. The van der Waals surface area contributed by atoms with Crippen LogP contribution in [0.3, 0.4) is 0 Å². The van der Waals surface area contributed by atoms with E-state index in [0.717, 1.165) is 55.6 Å². The Kier molecular flexibility index (Phi) is 9.08. The van der Waals surface area contributed by atoms with Crippen molar-refractivity contribution in [1.82, 2.24) is 0 Å². The van der Waals surface area contributed by atoms with Gasteiger partial charge in [0, 0.05) is 17.1 Å². The first kappa shape index (κ1) is 27.3. The van der Waals surface area contributed by atoms with Crippen LogP contribution in [0.25, 0.3) is 0 Å². The van der Waals surface area contributed by atoms with Gasteiger partial charge in [0.15, 0.2) is 0 Å². The zero-order valence-electron chi connectivity index (χ0n) is 22.2. The molecule has 0 radical (unpaired) electrons. The minimum atomic E-state index is -3.79. The molecule has 0 spiro atoms. The highest BCUT2D eigenvalue weighted by molar-refractivity contribution is 7.92. The summed E-state index contributed by atoms with van der Waals surface area (Å²) in [5.41, 5.74) is 12.4. The summed E-state index contributed by atoms with van der Waals surface area (Å²) in [6.45, 7) is 4.40. The largest absolute Gasteiger partial charge is 0.397 e. The number of sulfonamides is 1. The molecule has 5 nitrogen and oxygen atoms in total. The predicted octanol–water partition coefficient (Wildman–Crippen LogP) is 8.22. The summed E-state index contributed by atoms with van der Waals surface area (Å²) < 4.78 is 28.8. The van der Waals surface area contributed by atoms with Crippen molar-refractivity contribution in [3.8, 4) is 0 Å². The maximum absolute atomic E-state index is 13.0. The van der Waals surface area contributed by atoms with E-state index < -0.39 is 10.0 Å². The SMILES string of the molecule is CCCCc1ccc(N(c2ccc(CCCC)cc2)c2ccc(N)c(NS(=O)(=O)c3ccccc3)c2)cc1. The zero-order chi connectivity index (χ0) is 27.0. The molecule has 38 heavy (non-hydrogen) atoms. The van der Waals surface area contributed by atoms with Crippen molar-refractivity contribution in [2.45, 2.75) is 57.3 Å². The minimum absolute atomic E-state index is 0.187. The molecule has 6 heteroatoms. The van der Waals surface area contributed by atoms with Crippen LogP contribution >= 0.6 is 0 Å². The Morgan fingerprint density at radius 3 is 1.68 bits per heavy atom. The number of aryl methyl sites for hydroxylation is 2. The molecule has 198 valence electrons. The Balaban J connectivity index is 1.73. The number of hydrogen-bond donors (Lipinski definition) is 2. The molecular weight excluding hydrogens is 490 g/mol. The van der Waals surface area contributed by atoms with Crippen LogP contribution < -0.4 is 15.4 Å². The van der Waals surface area contributed by atoms with Crippen molar-refractivity contribution in [2.24, 2.45) is 0 Å². The number of anilines is 5. The summed E-state index contributed by atoms with van der Waals surface area (Å²) in [7, 11) is -3.79. The van der Waals surface area contributed by atoms with Crippen molar-refractivity contribution < 1.29 is 8.42 Å². The lowest BCUT2D eigenvalue weighted by atomic mass is 10.1. The molecule has 0 saturated heterocycles. The maximum atomic E-state index is 13.0. The van der Waals surface area contributed by atoms with E-state index in [0.29, 0.717) is 11.4 Å². The van der Waals surface area contributed by atoms with Crippen LogP contribution in [0.1, 0.15) is 50.7 Å². The molecule has 0 heterocycles. The third-order valence-electron chi connectivity index (χ3n) is 6.62. The highest BCUT2D eigenvalue weighted by Crippen LogP contribution is 2.38. The van der Waals surface area contributed by atoms with Gasteiger partial charge in [-0.25, -0.2) is 8.42 Å². The van der Waals surface area contributed by atoms with Gasteiger partial charge in [0.05, 0.1) is 16.3 Å². The van der Waals surface area contributed by atoms with Gasteiger partial charge in [0.25, 0.3) is 10.0 Å². The van der Waals surface area contributed by atoms with Crippen LogP contribution in [0.2, 0.25) is 0 Å². The molecule has 0 atom stereocenters. The lowest BCUT2D eigenvalue weighted by Gasteiger charge is -2.27. The fourth-order valence-electron chi connectivity index (χ4n) is 4.41. The molecule has 0 saturated carbocycles. The average molecular weight is 528 g/mol. The van der Waals surface area contributed by atoms with Crippen LogP contribution in [-0.4, -0.2) is 8.42 Å². The van der Waals surface area contributed by atoms with Gasteiger partial charge in [-0.1, -0.05) is 69.2 Å². The van der Waals surface area contributed by atoms with E-state index >= 15 is 0 Å². The van der Waals surface area contributed by atoms with Gasteiger partial charge in [-0.15, -0.1) is 0 Å². The topological polar surface area (TPSA) is 75.4 Å². The second kappa shape index (κ2) is 12.7. The third-order valence-corrected chi connectivity index (χ3v) is 8.00. The van der Waals surface area contributed by atoms with Gasteiger partial charge in [0.2, 0.25) is 0 Å². The molecule has 0 aromatic heterocycles. The number of unbranched alkanes of at least 4 members (excludes halogenated alkanes) is 2. The van der Waals surface area contributed by atoms with E-state index in [1.807, 2.05) is 6.07 Å². The number of nitrogens with two attached hydrogens (primary N) is 1. The number of hydrogen-bond acceptors (Lipinski definition) is 4. The van der Waals surface area contributed by atoms with E-state index in [1.54, 1.807) is 42.5 Å². The highest BCUT2D eigenvalue weighted by Gasteiger charge is 2.18. The summed E-state index contributed by atoms with van der Waals surface area (Å²) >= 11 is 0. The molecule has 4 aromatic rings. The van der Waals surface area contributed by atoms with Crippen molar-refractivity contribution in [3.63, 3.8) is 0 Å². The molecule has 0 unspecified atom stereocenters. The second-order valence-corrected chi connectivity index (χ2v) is 11.2. The molecule has 0 fully saturated rings. The highest BCUT2D eigenvalue weighted by atomic mass is 32.2. The molecule has 4 aromatic carbocycles. The molecule has 0 aliphatic rings. The number of nitrogen functional groups attached to an aromatic ring is 1. The van der Waals surface area contributed by atoms with Crippen LogP contribution in [0.15, 0.2) is 102 Å². The second-order valence-electron chi connectivity index (χ2n) is 9.57. The van der Waals surface area contributed by atoms with E-state index in [2.05, 4.69) is 72.0 Å². The van der Waals surface area contributed by atoms with Crippen molar-refractivity contribution >= 4 is 38.5 Å². The molecule has 0 bridgehead atoms. The van der Waals surface area contributed by atoms with Gasteiger partial charge in [-0.05, 0) is 91.4 Å².